The summed E-state index contributed by atoms with van der Waals surface area (Å²) in [6.45, 7) is 12.2. The Labute approximate surface area is 124 Å². The van der Waals surface area contributed by atoms with Gasteiger partial charge < -0.3 is 19.7 Å². The fraction of sp³-hybridized carbons (Fsp3) is 1.00. The lowest BCUT2D eigenvalue weighted by atomic mass is 9.73. The van der Waals surface area contributed by atoms with Crippen LogP contribution >= 0.6 is 0 Å². The Morgan fingerprint density at radius 2 is 1.85 bits per heavy atom. The van der Waals surface area contributed by atoms with Crippen LogP contribution in [0.1, 0.15) is 53.4 Å². The van der Waals surface area contributed by atoms with Crippen molar-refractivity contribution < 1.29 is 19.7 Å². The van der Waals surface area contributed by atoms with E-state index < -0.39 is 26.3 Å². The van der Waals surface area contributed by atoms with Crippen LogP contribution in [0.3, 0.4) is 0 Å². The van der Waals surface area contributed by atoms with Gasteiger partial charge in [0.2, 0.25) is 0 Å². The molecule has 0 aromatic rings. The van der Waals surface area contributed by atoms with Crippen LogP contribution in [0, 0.1) is 10.8 Å². The number of hydrogen-bond donors (Lipinski definition) is 3. The molecule has 0 saturated heterocycles. The summed E-state index contributed by atoms with van der Waals surface area (Å²) in [7, 11) is -1.26. The van der Waals surface area contributed by atoms with Gasteiger partial charge in [-0.1, -0.05) is 27.7 Å². The molecule has 1 aliphatic rings. The van der Waals surface area contributed by atoms with Gasteiger partial charge in [-0.2, -0.15) is 0 Å². The van der Waals surface area contributed by atoms with Gasteiger partial charge in [0, 0.05) is 11.8 Å². The molecule has 1 rings (SSSR count). The fourth-order valence-corrected chi connectivity index (χ4v) is 4.13. The van der Waals surface area contributed by atoms with E-state index in [2.05, 4.69) is 33.9 Å². The van der Waals surface area contributed by atoms with Gasteiger partial charge in [0.25, 0.3) is 0 Å². The summed E-state index contributed by atoms with van der Waals surface area (Å²) in [5, 5.41) is 31.0. The van der Waals surface area contributed by atoms with Gasteiger partial charge in [0.05, 0.1) is 12.2 Å². The van der Waals surface area contributed by atoms with E-state index in [4.69, 9.17) is 4.43 Å². The third-order valence-corrected chi connectivity index (χ3v) is 5.43. The zero-order valence-electron chi connectivity index (χ0n) is 13.8. The van der Waals surface area contributed by atoms with Crippen molar-refractivity contribution in [1.82, 2.24) is 0 Å². The SMILES string of the molecule is C[SiH](C)OC(CC(O)(O)C1(C)CCC(O)C1)C(C)(C)C. The molecule has 0 heterocycles. The highest BCUT2D eigenvalue weighted by Crippen LogP contribution is 2.48. The Balaban J connectivity index is 2.85. The smallest absolute Gasteiger partial charge is 0.171 e. The largest absolute Gasteiger partial charge is 0.417 e. The van der Waals surface area contributed by atoms with Gasteiger partial charge >= 0.3 is 0 Å². The second-order valence-electron chi connectivity index (χ2n) is 8.02. The summed E-state index contributed by atoms with van der Waals surface area (Å²) in [5.41, 5.74) is -0.792. The van der Waals surface area contributed by atoms with Crippen molar-refractivity contribution in [3.05, 3.63) is 0 Å². The Bertz CT molecular complexity index is 324. The third-order valence-electron chi connectivity index (χ3n) is 4.55. The predicted octanol–water partition coefficient (Wildman–Crippen LogP) is 2.02. The summed E-state index contributed by atoms with van der Waals surface area (Å²) < 4.78 is 6.04. The molecule has 1 fully saturated rings. The molecule has 0 radical (unpaired) electrons. The molecular weight excluding hydrogens is 272 g/mol. The Hall–Kier alpha value is 0.0569. The summed E-state index contributed by atoms with van der Waals surface area (Å²) in [4.78, 5) is 0. The molecule has 4 nitrogen and oxygen atoms in total. The van der Waals surface area contributed by atoms with E-state index in [1.807, 2.05) is 6.92 Å². The number of rotatable bonds is 5. The minimum atomic E-state index is -1.80. The molecular formula is C15H32O4Si. The molecule has 3 atom stereocenters. The minimum absolute atomic E-state index is 0.137. The third kappa shape index (κ3) is 4.27. The van der Waals surface area contributed by atoms with Crippen LogP contribution in [-0.2, 0) is 4.43 Å². The molecule has 1 saturated carbocycles. The molecule has 1 aliphatic carbocycles. The Morgan fingerprint density at radius 3 is 2.20 bits per heavy atom. The highest BCUT2D eigenvalue weighted by Gasteiger charge is 2.51. The molecule has 0 amide bonds. The van der Waals surface area contributed by atoms with Crippen LogP contribution in [-0.4, -0.2) is 42.4 Å². The van der Waals surface area contributed by atoms with Crippen molar-refractivity contribution >= 4 is 9.04 Å². The van der Waals surface area contributed by atoms with Crippen LogP contribution in [0.2, 0.25) is 13.1 Å². The van der Waals surface area contributed by atoms with Gasteiger partial charge in [-0.05, 0) is 37.8 Å². The summed E-state index contributed by atoms with van der Waals surface area (Å²) in [6, 6.07) is 0. The molecule has 0 aromatic carbocycles. The van der Waals surface area contributed by atoms with Gasteiger partial charge in [-0.3, -0.25) is 0 Å². The molecule has 120 valence electrons. The van der Waals surface area contributed by atoms with Gasteiger partial charge in [-0.15, -0.1) is 0 Å². The zero-order chi connectivity index (χ0) is 15.8. The van der Waals surface area contributed by atoms with E-state index in [-0.39, 0.29) is 17.9 Å². The van der Waals surface area contributed by atoms with Crippen molar-refractivity contribution in [1.29, 1.82) is 0 Å². The minimum Gasteiger partial charge on any atom is -0.417 e. The first kappa shape index (κ1) is 18.1. The first-order chi connectivity index (χ1) is 8.87. The standard InChI is InChI=1S/C15H32O4Si/c1-13(2,3)12(19-20(5)6)10-15(17,18)14(4)8-7-11(16)9-14/h11-12,16-18,20H,7-10H2,1-6H3. The molecule has 0 spiro atoms. The summed E-state index contributed by atoms with van der Waals surface area (Å²) in [6.07, 6.45) is 1.31. The van der Waals surface area contributed by atoms with E-state index in [0.717, 1.165) is 0 Å². The van der Waals surface area contributed by atoms with Crippen LogP contribution in [0.15, 0.2) is 0 Å². The van der Waals surface area contributed by atoms with E-state index >= 15 is 0 Å². The molecule has 3 N–H and O–H groups in total. The van der Waals surface area contributed by atoms with Gasteiger partial charge in [0.15, 0.2) is 14.8 Å². The first-order valence-electron chi connectivity index (χ1n) is 7.66. The first-order valence-corrected chi connectivity index (χ1v) is 10.4. The Kier molecular flexibility index (Phi) is 5.47. The average molecular weight is 305 g/mol. The maximum atomic E-state index is 10.6. The van der Waals surface area contributed by atoms with Crippen LogP contribution in [0.25, 0.3) is 0 Å². The van der Waals surface area contributed by atoms with Crippen LogP contribution in [0.4, 0.5) is 0 Å². The molecule has 5 heteroatoms. The second-order valence-corrected chi connectivity index (χ2v) is 10.4. The lowest BCUT2D eigenvalue weighted by molar-refractivity contribution is -0.256. The van der Waals surface area contributed by atoms with E-state index in [0.29, 0.717) is 19.3 Å². The maximum absolute atomic E-state index is 10.6. The van der Waals surface area contributed by atoms with Crippen molar-refractivity contribution in [3.63, 3.8) is 0 Å². The molecule has 0 aliphatic heterocycles. The lowest BCUT2D eigenvalue weighted by Crippen LogP contribution is -2.50. The summed E-state index contributed by atoms with van der Waals surface area (Å²) in [5.74, 6) is -1.80. The molecule has 0 bridgehead atoms. The van der Waals surface area contributed by atoms with Crippen LogP contribution in [0.5, 0.6) is 0 Å². The molecule has 3 unspecified atom stereocenters. The van der Waals surface area contributed by atoms with Crippen molar-refractivity contribution in [2.75, 3.05) is 0 Å². The maximum Gasteiger partial charge on any atom is 0.171 e. The Morgan fingerprint density at radius 1 is 1.30 bits per heavy atom. The van der Waals surface area contributed by atoms with Crippen molar-refractivity contribution in [2.24, 2.45) is 10.8 Å². The highest BCUT2D eigenvalue weighted by molar-refractivity contribution is 6.48. The zero-order valence-corrected chi connectivity index (χ0v) is 15.0. The lowest BCUT2D eigenvalue weighted by Gasteiger charge is -2.43. The molecule has 20 heavy (non-hydrogen) atoms. The monoisotopic (exact) mass is 304 g/mol. The van der Waals surface area contributed by atoms with Gasteiger partial charge in [0.1, 0.15) is 0 Å². The van der Waals surface area contributed by atoms with E-state index in [1.54, 1.807) is 0 Å². The van der Waals surface area contributed by atoms with E-state index in [9.17, 15) is 15.3 Å². The van der Waals surface area contributed by atoms with Crippen molar-refractivity contribution in [2.45, 2.75) is 84.5 Å². The average Bonchev–Trinajstić information content (AvgIpc) is 2.57. The number of aliphatic hydroxyl groups is 3. The normalized spacial score (nSPS) is 30.0. The van der Waals surface area contributed by atoms with Gasteiger partial charge in [-0.25, -0.2) is 0 Å². The summed E-state index contributed by atoms with van der Waals surface area (Å²) >= 11 is 0. The molecule has 0 aromatic heterocycles. The number of aliphatic hydroxyl groups excluding tert-OH is 1. The quantitative estimate of drug-likeness (QED) is 0.537. The van der Waals surface area contributed by atoms with Crippen LogP contribution < -0.4 is 0 Å². The highest BCUT2D eigenvalue weighted by atomic mass is 28.3. The number of hydrogen-bond acceptors (Lipinski definition) is 4. The van der Waals surface area contributed by atoms with Crippen molar-refractivity contribution in [3.8, 4) is 0 Å². The van der Waals surface area contributed by atoms with E-state index in [1.165, 1.54) is 0 Å². The fourth-order valence-electron chi connectivity index (χ4n) is 2.96. The topological polar surface area (TPSA) is 69.9 Å². The second kappa shape index (κ2) is 6.05. The predicted molar refractivity (Wildman–Crippen MR) is 83.0 cm³/mol.